The van der Waals surface area contributed by atoms with Gasteiger partial charge < -0.3 is 15.5 Å². The Morgan fingerprint density at radius 2 is 2.00 bits per heavy atom. The van der Waals surface area contributed by atoms with E-state index >= 15 is 0 Å². The van der Waals surface area contributed by atoms with Crippen molar-refractivity contribution in [3.05, 3.63) is 35.9 Å². The topological polar surface area (TPSA) is 55.7 Å². The lowest BCUT2D eigenvalue weighted by molar-refractivity contribution is -0.111. The van der Waals surface area contributed by atoms with Crippen LogP contribution in [0.4, 0.5) is 0 Å². The van der Waals surface area contributed by atoms with Crippen molar-refractivity contribution in [3.8, 4) is 0 Å². The van der Waals surface area contributed by atoms with Gasteiger partial charge in [-0.3, -0.25) is 4.90 Å². The number of β-amino-alcohol motifs (C(OH)–C–C–N with tert-alkyl or cyclic N) is 1. The molecule has 2 heterocycles. The molecule has 2 atom stereocenters. The Balaban J connectivity index is 1.84. The summed E-state index contributed by atoms with van der Waals surface area (Å²) < 4.78 is 0. The second-order valence-electron chi connectivity index (χ2n) is 6.07. The van der Waals surface area contributed by atoms with E-state index in [4.69, 9.17) is 0 Å². The van der Waals surface area contributed by atoms with Gasteiger partial charge in [0.15, 0.2) is 0 Å². The summed E-state index contributed by atoms with van der Waals surface area (Å²) >= 11 is 0. The smallest absolute Gasteiger partial charge is 0.105 e. The van der Waals surface area contributed by atoms with Crippen molar-refractivity contribution in [2.45, 2.75) is 36.9 Å². The molecule has 3 N–H and O–H groups in total. The third-order valence-corrected chi connectivity index (χ3v) is 4.78. The number of hydrogen-bond donors (Lipinski definition) is 3. The second-order valence-corrected chi connectivity index (χ2v) is 6.07. The van der Waals surface area contributed by atoms with E-state index in [0.29, 0.717) is 13.1 Å². The SMILES string of the molecule is OCC(c1ccccc1)N1CCCC[C@H]1C1(O)CNC1. The first-order valence-corrected chi connectivity index (χ1v) is 7.59. The van der Waals surface area contributed by atoms with E-state index < -0.39 is 5.60 Å². The average molecular weight is 276 g/mol. The molecule has 4 nitrogen and oxygen atoms in total. The van der Waals surface area contributed by atoms with Crippen LogP contribution in [0.15, 0.2) is 30.3 Å². The monoisotopic (exact) mass is 276 g/mol. The third-order valence-electron chi connectivity index (χ3n) is 4.78. The molecule has 2 aliphatic rings. The summed E-state index contributed by atoms with van der Waals surface area (Å²) in [4.78, 5) is 2.32. The summed E-state index contributed by atoms with van der Waals surface area (Å²) in [6.45, 7) is 2.39. The molecule has 0 spiro atoms. The number of hydrogen-bond acceptors (Lipinski definition) is 4. The Bertz CT molecular complexity index is 433. The van der Waals surface area contributed by atoms with Gasteiger partial charge in [-0.2, -0.15) is 0 Å². The summed E-state index contributed by atoms with van der Waals surface area (Å²) in [5.74, 6) is 0. The van der Waals surface area contributed by atoms with Gasteiger partial charge in [0, 0.05) is 19.1 Å². The molecule has 0 amide bonds. The van der Waals surface area contributed by atoms with E-state index in [1.54, 1.807) is 0 Å². The Labute approximate surface area is 120 Å². The lowest BCUT2D eigenvalue weighted by Crippen LogP contribution is -2.70. The van der Waals surface area contributed by atoms with Gasteiger partial charge in [-0.15, -0.1) is 0 Å². The van der Waals surface area contributed by atoms with Crippen molar-refractivity contribution in [3.63, 3.8) is 0 Å². The van der Waals surface area contributed by atoms with E-state index in [2.05, 4.69) is 22.3 Å². The first kappa shape index (κ1) is 14.0. The van der Waals surface area contributed by atoms with Gasteiger partial charge in [0.2, 0.25) is 0 Å². The molecular formula is C16H24N2O2. The predicted molar refractivity (Wildman–Crippen MR) is 78.4 cm³/mol. The van der Waals surface area contributed by atoms with Gasteiger partial charge >= 0.3 is 0 Å². The van der Waals surface area contributed by atoms with Crippen molar-refractivity contribution in [1.29, 1.82) is 0 Å². The van der Waals surface area contributed by atoms with Crippen LogP contribution in [0.2, 0.25) is 0 Å². The Morgan fingerprint density at radius 1 is 1.25 bits per heavy atom. The molecule has 0 bridgehead atoms. The van der Waals surface area contributed by atoms with Crippen molar-refractivity contribution in [1.82, 2.24) is 10.2 Å². The van der Waals surface area contributed by atoms with Crippen LogP contribution in [0.3, 0.4) is 0 Å². The number of aliphatic hydroxyl groups is 2. The quantitative estimate of drug-likeness (QED) is 0.765. The van der Waals surface area contributed by atoms with Gasteiger partial charge in [-0.1, -0.05) is 36.8 Å². The number of piperidine rings is 1. The van der Waals surface area contributed by atoms with E-state index in [1.165, 1.54) is 0 Å². The Morgan fingerprint density at radius 3 is 2.60 bits per heavy atom. The maximum absolute atomic E-state index is 10.7. The van der Waals surface area contributed by atoms with Crippen molar-refractivity contribution < 1.29 is 10.2 Å². The van der Waals surface area contributed by atoms with Crippen LogP contribution in [-0.4, -0.2) is 53.0 Å². The van der Waals surface area contributed by atoms with Gasteiger partial charge in [-0.25, -0.2) is 0 Å². The number of rotatable bonds is 4. The van der Waals surface area contributed by atoms with E-state index in [0.717, 1.165) is 31.4 Å². The lowest BCUT2D eigenvalue weighted by atomic mass is 9.80. The standard InChI is InChI=1S/C16H24N2O2/c19-10-14(13-6-2-1-3-7-13)18-9-5-4-8-15(18)16(20)11-17-12-16/h1-3,6-7,14-15,17,19-20H,4-5,8-12H2/t14?,15-/m0/s1. The fraction of sp³-hybridized carbons (Fsp3) is 0.625. The summed E-state index contributed by atoms with van der Waals surface area (Å²) in [6, 6.07) is 10.3. The van der Waals surface area contributed by atoms with Crippen LogP contribution in [0, 0.1) is 0 Å². The van der Waals surface area contributed by atoms with Gasteiger partial charge in [-0.05, 0) is 24.9 Å². The maximum atomic E-state index is 10.7. The molecule has 0 saturated carbocycles. The van der Waals surface area contributed by atoms with Crippen LogP contribution in [0.5, 0.6) is 0 Å². The van der Waals surface area contributed by atoms with Crippen LogP contribution < -0.4 is 5.32 Å². The van der Waals surface area contributed by atoms with E-state index in [1.807, 2.05) is 18.2 Å². The molecule has 3 rings (SSSR count). The Kier molecular flexibility index (Phi) is 4.08. The highest BCUT2D eigenvalue weighted by atomic mass is 16.3. The van der Waals surface area contributed by atoms with Crippen LogP contribution in [0.1, 0.15) is 30.9 Å². The lowest BCUT2D eigenvalue weighted by Gasteiger charge is -2.52. The van der Waals surface area contributed by atoms with Crippen LogP contribution >= 0.6 is 0 Å². The van der Waals surface area contributed by atoms with Crippen LogP contribution in [0.25, 0.3) is 0 Å². The second kappa shape index (κ2) is 5.82. The molecule has 1 unspecified atom stereocenters. The minimum atomic E-state index is -0.622. The van der Waals surface area contributed by atoms with Gasteiger partial charge in [0.25, 0.3) is 0 Å². The Hall–Kier alpha value is -0.940. The molecule has 0 aliphatic carbocycles. The molecule has 2 saturated heterocycles. The molecular weight excluding hydrogens is 252 g/mol. The average Bonchev–Trinajstić information content (AvgIpc) is 2.47. The highest BCUT2D eigenvalue weighted by Crippen LogP contribution is 2.35. The number of likely N-dealkylation sites (tertiary alicyclic amines) is 1. The predicted octanol–water partition coefficient (Wildman–Crippen LogP) is 0.909. The molecule has 4 heteroatoms. The molecule has 1 aromatic carbocycles. The van der Waals surface area contributed by atoms with Gasteiger partial charge in [0.1, 0.15) is 5.60 Å². The van der Waals surface area contributed by atoms with E-state index in [-0.39, 0.29) is 18.7 Å². The summed E-state index contributed by atoms with van der Waals surface area (Å²) in [7, 11) is 0. The zero-order valence-corrected chi connectivity index (χ0v) is 11.8. The van der Waals surface area contributed by atoms with Crippen molar-refractivity contribution >= 4 is 0 Å². The van der Waals surface area contributed by atoms with Gasteiger partial charge in [0.05, 0.1) is 12.6 Å². The normalized spacial score (nSPS) is 27.8. The summed E-state index contributed by atoms with van der Waals surface area (Å²) in [5, 5.41) is 23.8. The number of aliphatic hydroxyl groups excluding tert-OH is 1. The fourth-order valence-corrected chi connectivity index (χ4v) is 3.60. The molecule has 110 valence electrons. The minimum absolute atomic E-state index is 0.00822. The zero-order valence-electron chi connectivity index (χ0n) is 11.8. The maximum Gasteiger partial charge on any atom is 0.105 e. The summed E-state index contributed by atoms with van der Waals surface area (Å²) in [6.07, 6.45) is 3.32. The molecule has 20 heavy (non-hydrogen) atoms. The molecule has 0 radical (unpaired) electrons. The minimum Gasteiger partial charge on any atom is -0.394 e. The zero-order chi connectivity index (χ0) is 14.0. The number of nitrogens with zero attached hydrogens (tertiary/aromatic N) is 1. The first-order valence-electron chi connectivity index (χ1n) is 7.59. The number of nitrogens with one attached hydrogen (secondary N) is 1. The fourth-order valence-electron chi connectivity index (χ4n) is 3.60. The molecule has 0 aromatic heterocycles. The third kappa shape index (κ3) is 2.49. The highest BCUT2D eigenvalue weighted by Gasteiger charge is 2.47. The first-order chi connectivity index (χ1) is 9.74. The highest BCUT2D eigenvalue weighted by molar-refractivity contribution is 5.20. The van der Waals surface area contributed by atoms with E-state index in [9.17, 15) is 10.2 Å². The largest absolute Gasteiger partial charge is 0.394 e. The summed E-state index contributed by atoms with van der Waals surface area (Å²) in [5.41, 5.74) is 0.514. The van der Waals surface area contributed by atoms with Crippen LogP contribution in [-0.2, 0) is 0 Å². The van der Waals surface area contributed by atoms with Crippen molar-refractivity contribution in [2.75, 3.05) is 26.2 Å². The molecule has 2 aliphatic heterocycles. The molecule has 1 aromatic rings. The number of benzene rings is 1. The molecule has 2 fully saturated rings. The van der Waals surface area contributed by atoms with Crippen molar-refractivity contribution in [2.24, 2.45) is 0 Å².